The number of carbonyl (C=O) groups is 1. The zero-order valence-electron chi connectivity index (χ0n) is 11.2. The fraction of sp³-hybridized carbons (Fsp3) is 0.0625. The van der Waals surface area contributed by atoms with Gasteiger partial charge in [-0.15, -0.1) is 0 Å². The third-order valence-electron chi connectivity index (χ3n) is 2.66. The van der Waals surface area contributed by atoms with Crippen molar-refractivity contribution in [2.75, 3.05) is 7.11 Å². The molecule has 2 aromatic rings. The van der Waals surface area contributed by atoms with Crippen molar-refractivity contribution in [3.05, 3.63) is 58.6 Å². The summed E-state index contributed by atoms with van der Waals surface area (Å²) in [5.74, 6) is 0.876. The summed E-state index contributed by atoms with van der Waals surface area (Å²) >= 11 is 3.41. The molecule has 0 saturated heterocycles. The van der Waals surface area contributed by atoms with E-state index in [1.54, 1.807) is 25.3 Å². The molecular weight excluding hydrogens is 336 g/mol. The van der Waals surface area contributed by atoms with E-state index in [9.17, 15) is 4.79 Å². The summed E-state index contributed by atoms with van der Waals surface area (Å²) in [6.45, 7) is 0. The van der Waals surface area contributed by atoms with Crippen LogP contribution in [-0.2, 0) is 4.79 Å². The van der Waals surface area contributed by atoms with E-state index in [1.807, 2.05) is 24.3 Å². The number of benzene rings is 2. The Morgan fingerprint density at radius 1 is 1.14 bits per heavy atom. The number of carboxylic acids is 1. The van der Waals surface area contributed by atoms with Gasteiger partial charge in [0, 0.05) is 6.08 Å². The Hall–Kier alpha value is -2.27. The summed E-state index contributed by atoms with van der Waals surface area (Å²) in [6.07, 6.45) is 2.60. The van der Waals surface area contributed by atoms with Gasteiger partial charge >= 0.3 is 5.97 Å². The largest absolute Gasteiger partial charge is 0.493 e. The molecule has 0 bridgehead atoms. The van der Waals surface area contributed by atoms with Crippen molar-refractivity contribution in [1.82, 2.24) is 0 Å². The van der Waals surface area contributed by atoms with Gasteiger partial charge in [-0.1, -0.05) is 18.2 Å². The number of rotatable bonds is 5. The molecule has 0 spiro atoms. The highest BCUT2D eigenvalue weighted by Gasteiger charge is 2.07. The second kappa shape index (κ2) is 6.95. The van der Waals surface area contributed by atoms with Gasteiger partial charge in [-0.05, 0) is 51.8 Å². The Morgan fingerprint density at radius 3 is 2.48 bits per heavy atom. The van der Waals surface area contributed by atoms with E-state index in [-0.39, 0.29) is 0 Å². The summed E-state index contributed by atoms with van der Waals surface area (Å²) < 4.78 is 11.8. The van der Waals surface area contributed by atoms with Gasteiger partial charge in [0.05, 0.1) is 11.6 Å². The van der Waals surface area contributed by atoms with Gasteiger partial charge in [-0.3, -0.25) is 0 Å². The Morgan fingerprint density at radius 2 is 1.86 bits per heavy atom. The van der Waals surface area contributed by atoms with Crippen LogP contribution in [0.1, 0.15) is 5.56 Å². The van der Waals surface area contributed by atoms with Crippen molar-refractivity contribution < 1.29 is 19.4 Å². The first-order valence-electron chi connectivity index (χ1n) is 6.11. The van der Waals surface area contributed by atoms with Gasteiger partial charge in [0.15, 0.2) is 11.5 Å². The molecule has 2 aromatic carbocycles. The maximum atomic E-state index is 10.5. The lowest BCUT2D eigenvalue weighted by atomic mass is 10.2. The monoisotopic (exact) mass is 348 g/mol. The first-order chi connectivity index (χ1) is 10.1. The number of hydrogen-bond acceptors (Lipinski definition) is 3. The quantitative estimate of drug-likeness (QED) is 0.816. The molecule has 0 aliphatic heterocycles. The van der Waals surface area contributed by atoms with Crippen LogP contribution in [0.3, 0.4) is 0 Å². The maximum Gasteiger partial charge on any atom is 0.328 e. The minimum absolute atomic E-state index is 0.606. The van der Waals surface area contributed by atoms with Gasteiger partial charge < -0.3 is 14.6 Å². The van der Waals surface area contributed by atoms with E-state index < -0.39 is 5.97 Å². The fourth-order valence-corrected chi connectivity index (χ4v) is 2.17. The van der Waals surface area contributed by atoms with Crippen LogP contribution in [-0.4, -0.2) is 18.2 Å². The highest BCUT2D eigenvalue weighted by molar-refractivity contribution is 9.10. The molecule has 0 aromatic heterocycles. The molecule has 4 nitrogen and oxygen atoms in total. The smallest absolute Gasteiger partial charge is 0.328 e. The highest BCUT2D eigenvalue weighted by Crippen LogP contribution is 2.35. The van der Waals surface area contributed by atoms with Gasteiger partial charge in [-0.25, -0.2) is 4.79 Å². The molecule has 5 heteroatoms. The SMILES string of the molecule is COc1ccccc1Oc1ccc(/C=C/C(=O)O)cc1Br. The van der Waals surface area contributed by atoms with Crippen LogP contribution in [0, 0.1) is 0 Å². The van der Waals surface area contributed by atoms with Crippen molar-refractivity contribution in [3.8, 4) is 17.2 Å². The minimum Gasteiger partial charge on any atom is -0.493 e. The van der Waals surface area contributed by atoms with Crippen molar-refractivity contribution >= 4 is 28.0 Å². The van der Waals surface area contributed by atoms with Crippen LogP contribution in [0.25, 0.3) is 6.08 Å². The van der Waals surface area contributed by atoms with Crippen LogP contribution < -0.4 is 9.47 Å². The van der Waals surface area contributed by atoms with Crippen LogP contribution in [0.4, 0.5) is 0 Å². The predicted octanol–water partition coefficient (Wildman–Crippen LogP) is 4.35. The second-order valence-corrected chi connectivity index (χ2v) is 4.97. The Bertz CT molecular complexity index is 680. The lowest BCUT2D eigenvalue weighted by Crippen LogP contribution is -1.91. The summed E-state index contributed by atoms with van der Waals surface area (Å²) in [5.41, 5.74) is 0.761. The van der Waals surface area contributed by atoms with Gasteiger partial charge in [0.1, 0.15) is 5.75 Å². The standard InChI is InChI=1S/C16H13BrO4/c1-20-14-4-2-3-5-15(14)21-13-8-6-11(10-12(13)17)7-9-16(18)19/h2-10H,1H3,(H,18,19)/b9-7+. The summed E-state index contributed by atoms with van der Waals surface area (Å²) in [6, 6.07) is 12.7. The number of halogens is 1. The lowest BCUT2D eigenvalue weighted by molar-refractivity contribution is -0.131. The topological polar surface area (TPSA) is 55.8 Å². The molecule has 0 atom stereocenters. The summed E-state index contributed by atoms with van der Waals surface area (Å²) in [4.78, 5) is 10.5. The highest BCUT2D eigenvalue weighted by atomic mass is 79.9. The van der Waals surface area contributed by atoms with Crippen LogP contribution in [0.5, 0.6) is 17.2 Å². The Labute approximate surface area is 130 Å². The van der Waals surface area contributed by atoms with Crippen molar-refractivity contribution in [2.45, 2.75) is 0 Å². The Balaban J connectivity index is 2.23. The first-order valence-corrected chi connectivity index (χ1v) is 6.91. The van der Waals surface area contributed by atoms with Gasteiger partial charge in [-0.2, -0.15) is 0 Å². The molecule has 0 heterocycles. The average molecular weight is 349 g/mol. The zero-order valence-corrected chi connectivity index (χ0v) is 12.8. The first kappa shape index (κ1) is 15.1. The predicted molar refractivity (Wildman–Crippen MR) is 83.9 cm³/mol. The number of para-hydroxylation sites is 2. The number of carboxylic acid groups (broad SMARTS) is 1. The summed E-state index contributed by atoms with van der Waals surface area (Å²) in [5, 5.41) is 8.61. The van der Waals surface area contributed by atoms with Crippen LogP contribution >= 0.6 is 15.9 Å². The minimum atomic E-state index is -0.986. The van der Waals surface area contributed by atoms with E-state index in [4.69, 9.17) is 14.6 Å². The van der Waals surface area contributed by atoms with Crippen molar-refractivity contribution in [3.63, 3.8) is 0 Å². The molecular formula is C16H13BrO4. The molecule has 2 rings (SSSR count). The number of ether oxygens (including phenoxy) is 2. The average Bonchev–Trinajstić information content (AvgIpc) is 2.48. The fourth-order valence-electron chi connectivity index (χ4n) is 1.69. The molecule has 0 aliphatic carbocycles. The van der Waals surface area contributed by atoms with Gasteiger partial charge in [0.25, 0.3) is 0 Å². The molecule has 0 unspecified atom stereocenters. The molecule has 0 fully saturated rings. The number of hydrogen-bond donors (Lipinski definition) is 1. The molecule has 0 radical (unpaired) electrons. The van der Waals surface area contributed by atoms with E-state index >= 15 is 0 Å². The third kappa shape index (κ3) is 4.10. The third-order valence-corrected chi connectivity index (χ3v) is 3.28. The number of methoxy groups -OCH3 is 1. The number of aliphatic carboxylic acids is 1. The van der Waals surface area contributed by atoms with Crippen molar-refractivity contribution in [2.24, 2.45) is 0 Å². The van der Waals surface area contributed by atoms with Crippen molar-refractivity contribution in [1.29, 1.82) is 0 Å². The van der Waals surface area contributed by atoms with E-state index in [2.05, 4.69) is 15.9 Å². The lowest BCUT2D eigenvalue weighted by Gasteiger charge is -2.11. The van der Waals surface area contributed by atoms with E-state index in [1.165, 1.54) is 6.08 Å². The molecule has 0 amide bonds. The molecule has 0 saturated carbocycles. The maximum absolute atomic E-state index is 10.5. The zero-order chi connectivity index (χ0) is 15.2. The van der Waals surface area contributed by atoms with Crippen LogP contribution in [0.15, 0.2) is 53.0 Å². The molecule has 21 heavy (non-hydrogen) atoms. The van der Waals surface area contributed by atoms with Gasteiger partial charge in [0.2, 0.25) is 0 Å². The second-order valence-electron chi connectivity index (χ2n) is 4.11. The molecule has 1 N–H and O–H groups in total. The molecule has 0 aliphatic rings. The normalized spacial score (nSPS) is 10.6. The van der Waals surface area contributed by atoms with E-state index in [0.717, 1.165) is 16.1 Å². The summed E-state index contributed by atoms with van der Waals surface area (Å²) in [7, 11) is 1.58. The Kier molecular flexibility index (Phi) is 5.00. The van der Waals surface area contributed by atoms with Crippen LogP contribution in [0.2, 0.25) is 0 Å². The molecule has 108 valence electrons. The van der Waals surface area contributed by atoms with E-state index in [0.29, 0.717) is 17.2 Å².